The number of hydrogen-bond acceptors (Lipinski definition) is 5. The number of ether oxygens (including phenoxy) is 1. The summed E-state index contributed by atoms with van der Waals surface area (Å²) in [6.45, 7) is 3.47. The maximum absolute atomic E-state index is 13.1. The number of fused-ring (bicyclic) bond motifs is 1. The highest BCUT2D eigenvalue weighted by Gasteiger charge is 2.30. The molecular weight excluding hydrogens is 394 g/mol. The monoisotopic (exact) mass is 423 g/mol. The van der Waals surface area contributed by atoms with E-state index in [9.17, 15) is 9.59 Å². The highest BCUT2D eigenvalue weighted by molar-refractivity contribution is 6.07. The lowest BCUT2D eigenvalue weighted by Crippen LogP contribution is -2.32. The third-order valence-corrected chi connectivity index (χ3v) is 6.04. The molecule has 1 N–H and O–H groups in total. The van der Waals surface area contributed by atoms with Crippen LogP contribution in [0.15, 0.2) is 33.8 Å². The number of carbonyl (C=O) groups excluding carboxylic acids is 2. The smallest absolute Gasteiger partial charge is 0.289 e. The van der Waals surface area contributed by atoms with Crippen molar-refractivity contribution in [3.05, 3.63) is 52.5 Å². The molecule has 31 heavy (non-hydrogen) atoms. The highest BCUT2D eigenvalue weighted by Crippen LogP contribution is 2.31. The number of rotatable bonds is 4. The van der Waals surface area contributed by atoms with Gasteiger partial charge < -0.3 is 14.1 Å². The fraction of sp³-hybridized carbons (Fsp3) is 0.458. The van der Waals surface area contributed by atoms with Crippen molar-refractivity contribution in [1.82, 2.24) is 10.3 Å². The molecule has 2 aliphatic rings. The SMILES string of the molecule is COc1cccc(C(=O)N/N=C2\CCCc3oc(C(=O)N4CCCCCC4)c(C)c32)c1. The molecule has 0 unspecified atom stereocenters. The quantitative estimate of drug-likeness (QED) is 0.751. The first-order valence-electron chi connectivity index (χ1n) is 11.0. The number of carbonyl (C=O) groups is 2. The van der Waals surface area contributed by atoms with E-state index in [1.165, 1.54) is 12.8 Å². The molecule has 4 rings (SSSR count). The van der Waals surface area contributed by atoms with Crippen LogP contribution >= 0.6 is 0 Å². The Kier molecular flexibility index (Phi) is 6.39. The van der Waals surface area contributed by atoms with E-state index in [4.69, 9.17) is 9.15 Å². The molecule has 1 aromatic heterocycles. The van der Waals surface area contributed by atoms with Crippen molar-refractivity contribution < 1.29 is 18.7 Å². The van der Waals surface area contributed by atoms with Gasteiger partial charge in [-0.1, -0.05) is 18.9 Å². The molecule has 1 fully saturated rings. The number of nitrogens with one attached hydrogen (secondary N) is 1. The average molecular weight is 424 g/mol. The van der Waals surface area contributed by atoms with Crippen molar-refractivity contribution in [2.45, 2.75) is 51.9 Å². The van der Waals surface area contributed by atoms with Crippen LogP contribution in [0.1, 0.15) is 76.3 Å². The van der Waals surface area contributed by atoms with Crippen LogP contribution in [-0.2, 0) is 6.42 Å². The van der Waals surface area contributed by atoms with Crippen LogP contribution in [0.25, 0.3) is 0 Å². The normalized spacial score (nSPS) is 17.7. The number of benzene rings is 1. The second-order valence-corrected chi connectivity index (χ2v) is 8.15. The van der Waals surface area contributed by atoms with Gasteiger partial charge in [-0.25, -0.2) is 5.43 Å². The predicted octanol–water partition coefficient (Wildman–Crippen LogP) is 4.08. The van der Waals surface area contributed by atoms with Crippen LogP contribution in [0.3, 0.4) is 0 Å². The Labute approximate surface area is 182 Å². The summed E-state index contributed by atoms with van der Waals surface area (Å²) in [7, 11) is 1.56. The zero-order valence-corrected chi connectivity index (χ0v) is 18.2. The lowest BCUT2D eigenvalue weighted by Gasteiger charge is -2.19. The topological polar surface area (TPSA) is 84.1 Å². The van der Waals surface area contributed by atoms with E-state index in [1.54, 1.807) is 31.4 Å². The minimum absolute atomic E-state index is 0.0337. The Morgan fingerprint density at radius 3 is 2.61 bits per heavy atom. The molecular formula is C24H29N3O4. The zero-order chi connectivity index (χ0) is 21.8. The number of aryl methyl sites for hydroxylation is 1. The minimum Gasteiger partial charge on any atom is -0.497 e. The van der Waals surface area contributed by atoms with Crippen molar-refractivity contribution in [3.63, 3.8) is 0 Å². The van der Waals surface area contributed by atoms with Crippen LogP contribution in [0.4, 0.5) is 0 Å². The summed E-state index contributed by atoms with van der Waals surface area (Å²) in [5, 5.41) is 4.41. The summed E-state index contributed by atoms with van der Waals surface area (Å²) >= 11 is 0. The molecule has 2 amide bonds. The largest absolute Gasteiger partial charge is 0.497 e. The second-order valence-electron chi connectivity index (χ2n) is 8.15. The lowest BCUT2D eigenvalue weighted by atomic mass is 9.93. The van der Waals surface area contributed by atoms with Gasteiger partial charge in [0.25, 0.3) is 11.8 Å². The molecule has 0 saturated carbocycles. The maximum Gasteiger partial charge on any atom is 0.289 e. The van der Waals surface area contributed by atoms with Crippen molar-refractivity contribution in [1.29, 1.82) is 0 Å². The fourth-order valence-corrected chi connectivity index (χ4v) is 4.35. The van der Waals surface area contributed by atoms with Gasteiger partial charge in [-0.05, 0) is 50.8 Å². The summed E-state index contributed by atoms with van der Waals surface area (Å²) in [4.78, 5) is 27.6. The van der Waals surface area contributed by atoms with Gasteiger partial charge in [-0.3, -0.25) is 9.59 Å². The molecule has 1 aromatic carbocycles. The van der Waals surface area contributed by atoms with Crippen LogP contribution in [-0.4, -0.2) is 42.6 Å². The summed E-state index contributed by atoms with van der Waals surface area (Å²) in [5.41, 5.74) is 5.57. The first-order valence-corrected chi connectivity index (χ1v) is 11.0. The number of likely N-dealkylation sites (tertiary alicyclic amines) is 1. The molecule has 2 heterocycles. The fourth-order valence-electron chi connectivity index (χ4n) is 4.35. The summed E-state index contributed by atoms with van der Waals surface area (Å²) in [5.74, 6) is 1.48. The Balaban J connectivity index is 1.56. The molecule has 0 spiro atoms. The summed E-state index contributed by atoms with van der Waals surface area (Å²) < 4.78 is 11.2. The molecule has 1 aliphatic heterocycles. The zero-order valence-electron chi connectivity index (χ0n) is 18.2. The number of amides is 2. The Morgan fingerprint density at radius 2 is 1.87 bits per heavy atom. The third-order valence-electron chi connectivity index (χ3n) is 6.04. The number of nitrogens with zero attached hydrogens (tertiary/aromatic N) is 2. The highest BCUT2D eigenvalue weighted by atomic mass is 16.5. The van der Waals surface area contributed by atoms with Gasteiger partial charge in [-0.15, -0.1) is 0 Å². The van der Waals surface area contributed by atoms with Gasteiger partial charge in [-0.2, -0.15) is 5.10 Å². The minimum atomic E-state index is -0.305. The van der Waals surface area contributed by atoms with Gasteiger partial charge in [0.15, 0.2) is 5.76 Å². The summed E-state index contributed by atoms with van der Waals surface area (Å²) in [6, 6.07) is 6.93. The van der Waals surface area contributed by atoms with Gasteiger partial charge in [0.05, 0.1) is 12.8 Å². The van der Waals surface area contributed by atoms with Crippen LogP contribution < -0.4 is 10.2 Å². The third kappa shape index (κ3) is 4.50. The first kappa shape index (κ1) is 21.2. The average Bonchev–Trinajstić information content (AvgIpc) is 2.96. The molecule has 1 saturated heterocycles. The maximum atomic E-state index is 13.1. The van der Waals surface area contributed by atoms with E-state index >= 15 is 0 Å². The number of hydrogen-bond donors (Lipinski definition) is 1. The lowest BCUT2D eigenvalue weighted by molar-refractivity contribution is 0.0726. The van der Waals surface area contributed by atoms with Crippen LogP contribution in [0, 0.1) is 6.92 Å². The molecule has 7 heteroatoms. The first-order chi connectivity index (χ1) is 15.1. The molecule has 2 aromatic rings. The number of furan rings is 1. The van der Waals surface area contributed by atoms with E-state index in [-0.39, 0.29) is 11.8 Å². The van der Waals surface area contributed by atoms with E-state index in [2.05, 4.69) is 10.5 Å². The van der Waals surface area contributed by atoms with Gasteiger partial charge in [0.2, 0.25) is 0 Å². The van der Waals surface area contributed by atoms with E-state index in [0.29, 0.717) is 17.1 Å². The Bertz CT molecular complexity index is 1000. The Morgan fingerprint density at radius 1 is 1.10 bits per heavy atom. The number of methoxy groups -OCH3 is 1. The predicted molar refractivity (Wildman–Crippen MR) is 118 cm³/mol. The van der Waals surface area contributed by atoms with E-state index in [1.807, 2.05) is 11.8 Å². The molecule has 0 atom stereocenters. The molecule has 7 nitrogen and oxygen atoms in total. The standard InChI is InChI=1S/C24H29N3O4/c1-16-21-19(25-26-23(28)17-9-7-10-18(15-17)30-2)11-8-12-20(21)31-22(16)24(29)27-13-5-3-4-6-14-27/h7,9-10,15H,3-6,8,11-14H2,1-2H3,(H,26,28)/b25-19+. The van der Waals surface area contributed by atoms with Crippen LogP contribution in [0.5, 0.6) is 5.75 Å². The van der Waals surface area contributed by atoms with Gasteiger partial charge in [0, 0.05) is 36.2 Å². The van der Waals surface area contributed by atoms with E-state index in [0.717, 1.165) is 67.8 Å². The van der Waals surface area contributed by atoms with Gasteiger partial charge >= 0.3 is 0 Å². The number of hydrazone groups is 1. The summed E-state index contributed by atoms with van der Waals surface area (Å²) in [6.07, 6.45) is 6.77. The van der Waals surface area contributed by atoms with Crippen molar-refractivity contribution in [2.24, 2.45) is 5.10 Å². The van der Waals surface area contributed by atoms with Crippen LogP contribution in [0.2, 0.25) is 0 Å². The molecule has 0 radical (unpaired) electrons. The van der Waals surface area contributed by atoms with Crippen molar-refractivity contribution in [2.75, 3.05) is 20.2 Å². The molecule has 0 bridgehead atoms. The van der Waals surface area contributed by atoms with E-state index < -0.39 is 0 Å². The molecule has 164 valence electrons. The van der Waals surface area contributed by atoms with Crippen molar-refractivity contribution >= 4 is 17.5 Å². The van der Waals surface area contributed by atoms with Crippen molar-refractivity contribution in [3.8, 4) is 5.75 Å². The second kappa shape index (κ2) is 9.37. The van der Waals surface area contributed by atoms with Gasteiger partial charge in [0.1, 0.15) is 11.5 Å². The Hall–Kier alpha value is -3.09. The molecule has 1 aliphatic carbocycles.